The lowest BCUT2D eigenvalue weighted by molar-refractivity contribution is 0.191. The van der Waals surface area contributed by atoms with Crippen LogP contribution in [-0.2, 0) is 4.43 Å². The second-order valence-electron chi connectivity index (χ2n) is 6.15. The first kappa shape index (κ1) is 18.0. The molecule has 0 amide bonds. The molecule has 0 bridgehead atoms. The zero-order chi connectivity index (χ0) is 14.4. The average Bonchev–Trinajstić information content (AvgIpc) is 2.21. The monoisotopic (exact) mass is 291 g/mol. The second kappa shape index (κ2) is 7.55. The van der Waals surface area contributed by atoms with Crippen molar-refractivity contribution < 1.29 is 9.63 Å². The molecule has 0 radical (unpaired) electrons. The van der Waals surface area contributed by atoms with Gasteiger partial charge in [0.05, 0.1) is 0 Å². The third-order valence-electron chi connectivity index (χ3n) is 3.49. The van der Waals surface area contributed by atoms with Gasteiger partial charge in [-0.1, -0.05) is 32.9 Å². The van der Waals surface area contributed by atoms with E-state index in [2.05, 4.69) is 52.9 Å². The van der Waals surface area contributed by atoms with E-state index in [1.807, 2.05) is 0 Å². The minimum Gasteiger partial charge on any atom is -0.414 e. The largest absolute Gasteiger partial charge is 0.414 e. The molecule has 0 aromatic heterocycles. The topological polar surface area (TPSA) is 41.8 Å². The maximum absolute atomic E-state index is 8.87. The van der Waals surface area contributed by atoms with Crippen LogP contribution in [0.25, 0.3) is 0 Å². The predicted molar refractivity (Wildman–Crippen MR) is 84.3 cm³/mol. The van der Waals surface area contributed by atoms with Gasteiger partial charge in [0.25, 0.3) is 0 Å². The fourth-order valence-corrected chi connectivity index (χ4v) is 3.51. The highest BCUT2D eigenvalue weighted by molar-refractivity contribution is 8.13. The molecular formula is C13H29NO2SSi. The van der Waals surface area contributed by atoms with E-state index in [0.717, 1.165) is 23.6 Å². The van der Waals surface area contributed by atoms with Crippen molar-refractivity contribution >= 4 is 25.1 Å². The lowest BCUT2D eigenvalue weighted by atomic mass is 10.2. The van der Waals surface area contributed by atoms with Crippen molar-refractivity contribution in [1.82, 2.24) is 0 Å². The van der Waals surface area contributed by atoms with Gasteiger partial charge in [-0.25, -0.2) is 0 Å². The van der Waals surface area contributed by atoms with Crippen LogP contribution in [0.5, 0.6) is 0 Å². The van der Waals surface area contributed by atoms with Crippen LogP contribution in [0.2, 0.25) is 18.1 Å². The Labute approximate surface area is 118 Å². The second-order valence-corrected chi connectivity index (χ2v) is 12.2. The number of oxime groups is 1. The van der Waals surface area contributed by atoms with E-state index in [9.17, 15) is 0 Å². The number of hydrogen-bond donors (Lipinski definition) is 1. The van der Waals surface area contributed by atoms with Gasteiger partial charge in [-0.05, 0) is 37.2 Å². The summed E-state index contributed by atoms with van der Waals surface area (Å²) in [4.78, 5) is 0. The fraction of sp³-hybridized carbons (Fsp3) is 0.923. The van der Waals surface area contributed by atoms with E-state index in [0.29, 0.717) is 0 Å². The van der Waals surface area contributed by atoms with Crippen LogP contribution < -0.4 is 0 Å². The zero-order valence-electron chi connectivity index (χ0n) is 12.9. The van der Waals surface area contributed by atoms with Crippen molar-refractivity contribution in [3.63, 3.8) is 0 Å². The Morgan fingerprint density at radius 3 is 2.33 bits per heavy atom. The molecule has 108 valence electrons. The first-order valence-corrected chi connectivity index (χ1v) is 10.5. The smallest absolute Gasteiger partial charge is 0.192 e. The Morgan fingerprint density at radius 2 is 1.94 bits per heavy atom. The molecule has 0 saturated carbocycles. The third kappa shape index (κ3) is 6.25. The number of rotatable bonds is 6. The van der Waals surface area contributed by atoms with Crippen LogP contribution in [0.15, 0.2) is 5.16 Å². The molecule has 0 aliphatic heterocycles. The Balaban J connectivity index is 4.24. The predicted octanol–water partition coefficient (Wildman–Crippen LogP) is 4.72. The van der Waals surface area contributed by atoms with Crippen LogP contribution in [-0.4, -0.2) is 30.4 Å². The van der Waals surface area contributed by atoms with Crippen LogP contribution in [0.4, 0.5) is 0 Å². The summed E-state index contributed by atoms with van der Waals surface area (Å²) in [5.41, 5.74) is 0. The highest BCUT2D eigenvalue weighted by Crippen LogP contribution is 2.37. The fourth-order valence-electron chi connectivity index (χ4n) is 1.38. The van der Waals surface area contributed by atoms with E-state index in [-0.39, 0.29) is 11.1 Å². The Kier molecular flexibility index (Phi) is 7.55. The van der Waals surface area contributed by atoms with Crippen LogP contribution in [0.1, 0.15) is 47.5 Å². The van der Waals surface area contributed by atoms with Gasteiger partial charge in [-0.15, -0.1) is 11.8 Å². The molecule has 3 nitrogen and oxygen atoms in total. The summed E-state index contributed by atoms with van der Waals surface area (Å²) >= 11 is 1.60. The first-order valence-electron chi connectivity index (χ1n) is 6.65. The van der Waals surface area contributed by atoms with E-state index in [4.69, 9.17) is 9.63 Å². The maximum atomic E-state index is 8.87. The maximum Gasteiger partial charge on any atom is 0.192 e. The molecule has 0 spiro atoms. The molecule has 18 heavy (non-hydrogen) atoms. The van der Waals surface area contributed by atoms with Crippen molar-refractivity contribution in [3.05, 3.63) is 0 Å². The lowest BCUT2D eigenvalue weighted by Gasteiger charge is -2.38. The molecule has 1 N–H and O–H groups in total. The molecule has 0 heterocycles. The van der Waals surface area contributed by atoms with Crippen molar-refractivity contribution in [3.8, 4) is 0 Å². The molecule has 0 rings (SSSR count). The quantitative estimate of drug-likeness (QED) is 0.253. The van der Waals surface area contributed by atoms with Gasteiger partial charge in [-0.2, -0.15) is 0 Å². The number of nitrogens with zero attached hydrogens (tertiary/aromatic N) is 1. The number of thioether (sulfide) groups is 1. The Bertz CT molecular complexity index is 275. The van der Waals surface area contributed by atoms with Crippen LogP contribution >= 0.6 is 11.8 Å². The Morgan fingerprint density at radius 1 is 1.39 bits per heavy atom. The summed E-state index contributed by atoms with van der Waals surface area (Å²) in [7, 11) is -1.68. The van der Waals surface area contributed by atoms with Gasteiger partial charge in [0, 0.05) is 12.5 Å². The highest BCUT2D eigenvalue weighted by atomic mass is 32.2. The molecule has 1 atom stereocenters. The molecule has 0 aromatic rings. The highest BCUT2D eigenvalue weighted by Gasteiger charge is 2.38. The van der Waals surface area contributed by atoms with Crippen LogP contribution in [0.3, 0.4) is 0 Å². The van der Waals surface area contributed by atoms with Gasteiger partial charge < -0.3 is 9.63 Å². The van der Waals surface area contributed by atoms with E-state index in [1.165, 1.54) is 0 Å². The summed E-state index contributed by atoms with van der Waals surface area (Å²) in [5.74, 6) is 0.941. The normalized spacial score (nSPS) is 15.8. The third-order valence-corrected chi connectivity index (χ3v) is 9.00. The molecule has 0 aliphatic carbocycles. The van der Waals surface area contributed by atoms with E-state index >= 15 is 0 Å². The summed E-state index contributed by atoms with van der Waals surface area (Å²) in [5, 5.41) is 13.2. The van der Waals surface area contributed by atoms with E-state index < -0.39 is 8.32 Å². The summed E-state index contributed by atoms with van der Waals surface area (Å²) in [6.45, 7) is 15.5. The number of hydrogen-bond acceptors (Lipinski definition) is 4. The standard InChI is InChI=1S/C13H29NO2SSi/c1-8-17-12(14-15)10-9-11(2)16-18(6,7)13(3,4)5/h11,15H,8-10H2,1-7H3/b14-12-. The summed E-state index contributed by atoms with van der Waals surface area (Å²) in [6, 6.07) is 0. The molecule has 5 heteroatoms. The zero-order valence-corrected chi connectivity index (χ0v) is 14.7. The molecular weight excluding hydrogens is 262 g/mol. The van der Waals surface area contributed by atoms with Gasteiger partial charge >= 0.3 is 0 Å². The van der Waals surface area contributed by atoms with Gasteiger partial charge in [0.1, 0.15) is 5.04 Å². The average molecular weight is 292 g/mol. The SMILES string of the molecule is CCS/C(CCC(C)O[Si](C)(C)C(C)(C)C)=N\O. The van der Waals surface area contributed by atoms with Crippen molar-refractivity contribution in [2.45, 2.75) is 71.7 Å². The molecule has 1 unspecified atom stereocenters. The van der Waals surface area contributed by atoms with Crippen molar-refractivity contribution in [2.75, 3.05) is 5.75 Å². The first-order chi connectivity index (χ1) is 8.14. The minimum absolute atomic E-state index is 0.222. The molecule has 0 aliphatic rings. The lowest BCUT2D eigenvalue weighted by Crippen LogP contribution is -2.43. The van der Waals surface area contributed by atoms with Crippen molar-refractivity contribution in [2.24, 2.45) is 5.16 Å². The van der Waals surface area contributed by atoms with Gasteiger partial charge in [0.2, 0.25) is 0 Å². The molecule has 0 saturated heterocycles. The summed E-state index contributed by atoms with van der Waals surface area (Å²) < 4.78 is 6.27. The Hall–Kier alpha value is -0.00312. The van der Waals surface area contributed by atoms with E-state index in [1.54, 1.807) is 11.8 Å². The minimum atomic E-state index is -1.68. The molecule has 0 fully saturated rings. The van der Waals surface area contributed by atoms with Crippen LogP contribution in [0, 0.1) is 0 Å². The van der Waals surface area contributed by atoms with Gasteiger partial charge in [-0.3, -0.25) is 0 Å². The summed E-state index contributed by atoms with van der Waals surface area (Å²) in [6.07, 6.45) is 1.93. The van der Waals surface area contributed by atoms with Gasteiger partial charge in [0.15, 0.2) is 8.32 Å². The molecule has 0 aromatic carbocycles. The van der Waals surface area contributed by atoms with Crippen molar-refractivity contribution in [1.29, 1.82) is 0 Å².